The second kappa shape index (κ2) is 6.94. The number of phenols is 1. The molecule has 5 heteroatoms. The Bertz CT molecular complexity index is 580. The zero-order valence-corrected chi connectivity index (χ0v) is 10.7. The van der Waals surface area contributed by atoms with Crippen LogP contribution in [0.5, 0.6) is 5.75 Å². The van der Waals surface area contributed by atoms with Crippen LogP contribution in [-0.2, 0) is 11.3 Å². The molecule has 0 spiro atoms. The van der Waals surface area contributed by atoms with Gasteiger partial charge in [0.15, 0.2) is 0 Å². The lowest BCUT2D eigenvalue weighted by Crippen LogP contribution is -2.22. The van der Waals surface area contributed by atoms with E-state index >= 15 is 0 Å². The zero-order chi connectivity index (χ0) is 14.2. The van der Waals surface area contributed by atoms with Crippen LogP contribution in [0.4, 0.5) is 10.5 Å². The van der Waals surface area contributed by atoms with Gasteiger partial charge in [-0.05, 0) is 29.8 Å². The molecular weight excluding hydrogens is 256 g/mol. The first-order chi connectivity index (χ1) is 9.74. The fraction of sp³-hybridized carbons (Fsp3) is 0.0667. The van der Waals surface area contributed by atoms with E-state index in [1.54, 1.807) is 12.1 Å². The molecular formula is C15H14N2O3. The third kappa shape index (κ3) is 4.45. The second-order valence-corrected chi connectivity index (χ2v) is 3.98. The van der Waals surface area contributed by atoms with Crippen LogP contribution in [0.3, 0.4) is 0 Å². The quantitative estimate of drug-likeness (QED) is 0.662. The van der Waals surface area contributed by atoms with Gasteiger partial charge in [0.1, 0.15) is 12.4 Å². The average Bonchev–Trinajstić information content (AvgIpc) is 2.48. The van der Waals surface area contributed by atoms with E-state index in [0.29, 0.717) is 5.69 Å². The topological polar surface area (TPSA) is 70.9 Å². The van der Waals surface area contributed by atoms with Crippen LogP contribution in [0, 0.1) is 0 Å². The molecule has 0 aliphatic carbocycles. The highest BCUT2D eigenvalue weighted by Gasteiger charge is 1.99. The zero-order valence-electron chi connectivity index (χ0n) is 10.7. The molecule has 0 heterocycles. The standard InChI is InChI=1S/C15H14N2O3/c18-14-8-6-13(7-9-14)16-11-17-15(19)20-10-12-4-2-1-3-5-12/h1-9,11,18H,10H2,(H,16,17,19). The number of carbonyl (C=O) groups excluding carboxylic acids is 1. The fourth-order valence-corrected chi connectivity index (χ4v) is 1.46. The largest absolute Gasteiger partial charge is 0.508 e. The molecule has 2 aromatic rings. The Hall–Kier alpha value is -2.82. The molecule has 0 radical (unpaired) electrons. The molecule has 2 aromatic carbocycles. The molecule has 1 amide bonds. The molecule has 0 aliphatic rings. The summed E-state index contributed by atoms with van der Waals surface area (Å²) in [4.78, 5) is 15.4. The normalized spacial score (nSPS) is 10.4. The molecule has 2 rings (SSSR count). The molecule has 0 bridgehead atoms. The number of phenolic OH excluding ortho intramolecular Hbond substituents is 1. The number of aromatic hydroxyl groups is 1. The summed E-state index contributed by atoms with van der Waals surface area (Å²) in [5.41, 5.74) is 1.53. The number of nitrogens with one attached hydrogen (secondary N) is 1. The molecule has 0 atom stereocenters. The minimum Gasteiger partial charge on any atom is -0.508 e. The van der Waals surface area contributed by atoms with Gasteiger partial charge in [-0.25, -0.2) is 9.79 Å². The highest BCUT2D eigenvalue weighted by Crippen LogP contribution is 2.15. The Morgan fingerprint density at radius 3 is 2.55 bits per heavy atom. The SMILES string of the molecule is O=C(NC=Nc1ccc(O)cc1)OCc1ccccc1. The highest BCUT2D eigenvalue weighted by atomic mass is 16.5. The Morgan fingerprint density at radius 2 is 1.85 bits per heavy atom. The summed E-state index contributed by atoms with van der Waals surface area (Å²) >= 11 is 0. The van der Waals surface area contributed by atoms with E-state index in [-0.39, 0.29) is 12.4 Å². The van der Waals surface area contributed by atoms with Crippen LogP contribution in [0.1, 0.15) is 5.56 Å². The number of hydrogen-bond acceptors (Lipinski definition) is 4. The number of aliphatic imine (C=N–C) groups is 1. The minimum atomic E-state index is -0.573. The Labute approximate surface area is 116 Å². The predicted octanol–water partition coefficient (Wildman–Crippen LogP) is 2.98. The van der Waals surface area contributed by atoms with E-state index in [4.69, 9.17) is 9.84 Å². The number of ether oxygens (including phenoxy) is 1. The van der Waals surface area contributed by atoms with Crippen molar-refractivity contribution in [2.75, 3.05) is 0 Å². The van der Waals surface area contributed by atoms with E-state index in [1.807, 2.05) is 30.3 Å². The summed E-state index contributed by atoms with van der Waals surface area (Å²) in [5.74, 6) is 0.166. The summed E-state index contributed by atoms with van der Waals surface area (Å²) < 4.78 is 5.00. The summed E-state index contributed by atoms with van der Waals surface area (Å²) in [5, 5.41) is 11.5. The molecule has 0 fully saturated rings. The van der Waals surface area contributed by atoms with Gasteiger partial charge < -0.3 is 9.84 Å². The minimum absolute atomic E-state index is 0.166. The van der Waals surface area contributed by atoms with Crippen molar-refractivity contribution in [3.63, 3.8) is 0 Å². The third-order valence-electron chi connectivity index (χ3n) is 2.46. The van der Waals surface area contributed by atoms with Crippen LogP contribution in [0.15, 0.2) is 59.6 Å². The molecule has 0 saturated carbocycles. The lowest BCUT2D eigenvalue weighted by molar-refractivity contribution is 0.145. The number of amides is 1. The van der Waals surface area contributed by atoms with Crippen LogP contribution in [0.2, 0.25) is 0 Å². The second-order valence-electron chi connectivity index (χ2n) is 3.98. The molecule has 0 aliphatic heterocycles. The van der Waals surface area contributed by atoms with E-state index in [1.165, 1.54) is 18.5 Å². The van der Waals surface area contributed by atoms with Crippen molar-refractivity contribution in [1.29, 1.82) is 0 Å². The fourth-order valence-electron chi connectivity index (χ4n) is 1.46. The number of rotatable bonds is 4. The third-order valence-corrected chi connectivity index (χ3v) is 2.46. The average molecular weight is 270 g/mol. The van der Waals surface area contributed by atoms with Crippen molar-refractivity contribution in [3.05, 3.63) is 60.2 Å². The maximum absolute atomic E-state index is 11.4. The van der Waals surface area contributed by atoms with Crippen molar-refractivity contribution >= 4 is 18.1 Å². The van der Waals surface area contributed by atoms with Gasteiger partial charge in [0.25, 0.3) is 0 Å². The summed E-state index contributed by atoms with van der Waals surface area (Å²) in [6.45, 7) is 0.208. The molecule has 0 saturated heterocycles. The van der Waals surface area contributed by atoms with Crippen LogP contribution >= 0.6 is 0 Å². The number of hydrogen-bond donors (Lipinski definition) is 2. The smallest absolute Gasteiger partial charge is 0.412 e. The van der Waals surface area contributed by atoms with Crippen LogP contribution < -0.4 is 5.32 Å². The molecule has 5 nitrogen and oxygen atoms in total. The molecule has 0 aromatic heterocycles. The summed E-state index contributed by atoms with van der Waals surface area (Å²) in [6, 6.07) is 15.7. The van der Waals surface area contributed by atoms with Gasteiger partial charge in [-0.3, -0.25) is 5.32 Å². The number of carbonyl (C=O) groups is 1. The lowest BCUT2D eigenvalue weighted by Gasteiger charge is -2.03. The van der Waals surface area contributed by atoms with E-state index in [9.17, 15) is 4.79 Å². The summed E-state index contributed by atoms with van der Waals surface area (Å²) in [6.07, 6.45) is 0.677. The maximum atomic E-state index is 11.4. The first-order valence-corrected chi connectivity index (χ1v) is 6.03. The van der Waals surface area contributed by atoms with Gasteiger partial charge in [0.2, 0.25) is 0 Å². The monoisotopic (exact) mass is 270 g/mol. The van der Waals surface area contributed by atoms with Gasteiger partial charge in [-0.2, -0.15) is 0 Å². The molecule has 2 N–H and O–H groups in total. The van der Waals surface area contributed by atoms with Crippen molar-refractivity contribution < 1.29 is 14.6 Å². The van der Waals surface area contributed by atoms with E-state index in [2.05, 4.69) is 10.3 Å². The van der Waals surface area contributed by atoms with Gasteiger partial charge in [-0.15, -0.1) is 0 Å². The number of benzene rings is 2. The Morgan fingerprint density at radius 1 is 1.15 bits per heavy atom. The predicted molar refractivity (Wildman–Crippen MR) is 76.0 cm³/mol. The molecule has 0 unspecified atom stereocenters. The van der Waals surface area contributed by atoms with Crippen LogP contribution in [-0.4, -0.2) is 17.5 Å². The Balaban J connectivity index is 1.76. The molecule has 20 heavy (non-hydrogen) atoms. The van der Waals surface area contributed by atoms with Crippen molar-refractivity contribution in [1.82, 2.24) is 5.32 Å². The number of alkyl carbamates (subject to hydrolysis) is 1. The lowest BCUT2D eigenvalue weighted by atomic mass is 10.2. The number of nitrogens with zero attached hydrogens (tertiary/aromatic N) is 1. The van der Waals surface area contributed by atoms with E-state index in [0.717, 1.165) is 5.56 Å². The highest BCUT2D eigenvalue weighted by molar-refractivity contribution is 5.83. The summed E-state index contributed by atoms with van der Waals surface area (Å²) in [7, 11) is 0. The van der Waals surface area contributed by atoms with Crippen molar-refractivity contribution in [2.24, 2.45) is 4.99 Å². The Kier molecular flexibility index (Phi) is 4.72. The van der Waals surface area contributed by atoms with Gasteiger partial charge >= 0.3 is 6.09 Å². The van der Waals surface area contributed by atoms with Crippen molar-refractivity contribution in [2.45, 2.75) is 6.61 Å². The molecule has 102 valence electrons. The van der Waals surface area contributed by atoms with Gasteiger partial charge in [0, 0.05) is 0 Å². The first-order valence-electron chi connectivity index (χ1n) is 6.03. The van der Waals surface area contributed by atoms with E-state index < -0.39 is 6.09 Å². The first kappa shape index (κ1) is 13.6. The maximum Gasteiger partial charge on any atom is 0.412 e. The van der Waals surface area contributed by atoms with Gasteiger partial charge in [0.05, 0.1) is 12.0 Å². The van der Waals surface area contributed by atoms with Crippen LogP contribution in [0.25, 0.3) is 0 Å². The van der Waals surface area contributed by atoms with Gasteiger partial charge in [-0.1, -0.05) is 30.3 Å². The van der Waals surface area contributed by atoms with Crippen molar-refractivity contribution in [3.8, 4) is 5.75 Å².